The average molecular weight is 313 g/mol. The zero-order chi connectivity index (χ0) is 15.9. The van der Waals surface area contributed by atoms with Gasteiger partial charge in [-0.05, 0) is 29.5 Å². The van der Waals surface area contributed by atoms with E-state index in [2.05, 4.69) is 25.5 Å². The number of nitrogens with one attached hydrogen (secondary N) is 1. The van der Waals surface area contributed by atoms with Gasteiger partial charge in [0.05, 0.1) is 11.5 Å². The molecule has 0 spiro atoms. The molecule has 0 saturated heterocycles. The highest BCUT2D eigenvalue weighted by Gasteiger charge is 2.22. The van der Waals surface area contributed by atoms with Crippen LogP contribution in [0.15, 0.2) is 29.2 Å². The standard InChI is InChI=1S/C16H27NO3S/c1-4-5-6-10-16(2,3)13-17-21(19,20)15-9-7-8-14(11-15)12-18/h7-9,11,17-18H,4-6,10,12-13H2,1-3H3. The molecule has 0 aliphatic rings. The Morgan fingerprint density at radius 3 is 2.57 bits per heavy atom. The van der Waals surface area contributed by atoms with Gasteiger partial charge in [-0.3, -0.25) is 0 Å². The van der Waals surface area contributed by atoms with Crippen molar-refractivity contribution in [3.8, 4) is 0 Å². The van der Waals surface area contributed by atoms with Gasteiger partial charge in [-0.2, -0.15) is 0 Å². The Morgan fingerprint density at radius 1 is 1.24 bits per heavy atom. The molecule has 21 heavy (non-hydrogen) atoms. The van der Waals surface area contributed by atoms with E-state index in [1.54, 1.807) is 18.2 Å². The summed E-state index contributed by atoms with van der Waals surface area (Å²) in [5.74, 6) is 0. The van der Waals surface area contributed by atoms with Crippen LogP contribution in [0, 0.1) is 5.41 Å². The SMILES string of the molecule is CCCCCC(C)(C)CNS(=O)(=O)c1cccc(CO)c1. The molecular weight excluding hydrogens is 286 g/mol. The van der Waals surface area contributed by atoms with E-state index in [1.807, 2.05) is 0 Å². The van der Waals surface area contributed by atoms with Crippen LogP contribution in [0.2, 0.25) is 0 Å². The van der Waals surface area contributed by atoms with E-state index >= 15 is 0 Å². The quantitative estimate of drug-likeness (QED) is 0.689. The minimum absolute atomic E-state index is 0.0587. The lowest BCUT2D eigenvalue weighted by Crippen LogP contribution is -2.34. The summed E-state index contributed by atoms with van der Waals surface area (Å²) in [5, 5.41) is 9.09. The molecule has 0 aliphatic heterocycles. The molecule has 1 aromatic carbocycles. The van der Waals surface area contributed by atoms with E-state index < -0.39 is 10.0 Å². The van der Waals surface area contributed by atoms with Gasteiger partial charge in [-0.15, -0.1) is 0 Å². The van der Waals surface area contributed by atoms with Crippen molar-refractivity contribution < 1.29 is 13.5 Å². The van der Waals surface area contributed by atoms with Crippen molar-refractivity contribution in [3.63, 3.8) is 0 Å². The number of hydrogen-bond acceptors (Lipinski definition) is 3. The number of hydrogen-bond donors (Lipinski definition) is 2. The van der Waals surface area contributed by atoms with Gasteiger partial charge in [-0.1, -0.05) is 52.2 Å². The molecule has 0 heterocycles. The summed E-state index contributed by atoms with van der Waals surface area (Å²) in [5.41, 5.74) is 0.539. The molecule has 0 amide bonds. The van der Waals surface area contributed by atoms with Gasteiger partial charge in [0.15, 0.2) is 0 Å². The van der Waals surface area contributed by atoms with Gasteiger partial charge >= 0.3 is 0 Å². The lowest BCUT2D eigenvalue weighted by Gasteiger charge is -2.25. The Balaban J connectivity index is 2.67. The van der Waals surface area contributed by atoms with E-state index in [1.165, 1.54) is 12.5 Å². The Kier molecular flexibility index (Phi) is 6.84. The van der Waals surface area contributed by atoms with Crippen molar-refractivity contribution in [2.75, 3.05) is 6.54 Å². The molecule has 1 rings (SSSR count). The van der Waals surface area contributed by atoms with Crippen LogP contribution in [0.4, 0.5) is 0 Å². The molecule has 0 atom stereocenters. The van der Waals surface area contributed by atoms with Gasteiger partial charge in [0.2, 0.25) is 10.0 Å². The monoisotopic (exact) mass is 313 g/mol. The fourth-order valence-electron chi connectivity index (χ4n) is 2.13. The second-order valence-corrected chi connectivity index (χ2v) is 8.02. The van der Waals surface area contributed by atoms with Crippen LogP contribution in [0.3, 0.4) is 0 Å². The molecule has 0 bridgehead atoms. The second-order valence-electron chi connectivity index (χ2n) is 6.25. The predicted octanol–water partition coefficient (Wildman–Crippen LogP) is 3.06. The summed E-state index contributed by atoms with van der Waals surface area (Å²) in [6.07, 6.45) is 4.45. The largest absolute Gasteiger partial charge is 0.392 e. The minimum atomic E-state index is -3.52. The number of rotatable bonds is 9. The van der Waals surface area contributed by atoms with Crippen LogP contribution in [0.25, 0.3) is 0 Å². The first-order chi connectivity index (χ1) is 9.80. The van der Waals surface area contributed by atoms with Crippen LogP contribution >= 0.6 is 0 Å². The molecule has 0 fully saturated rings. The summed E-state index contributed by atoms with van der Waals surface area (Å²) >= 11 is 0. The second kappa shape index (κ2) is 7.92. The highest BCUT2D eigenvalue weighted by molar-refractivity contribution is 7.89. The molecule has 0 aliphatic carbocycles. The third-order valence-electron chi connectivity index (χ3n) is 3.59. The third-order valence-corrected chi connectivity index (χ3v) is 4.99. The minimum Gasteiger partial charge on any atom is -0.392 e. The third kappa shape index (κ3) is 6.16. The normalized spacial score (nSPS) is 12.6. The van der Waals surface area contributed by atoms with Gasteiger partial charge in [0, 0.05) is 6.54 Å². The number of unbranched alkanes of at least 4 members (excludes halogenated alkanes) is 2. The smallest absolute Gasteiger partial charge is 0.240 e. The van der Waals surface area contributed by atoms with Crippen LogP contribution in [0.5, 0.6) is 0 Å². The predicted molar refractivity (Wildman–Crippen MR) is 85.5 cm³/mol. The molecule has 0 radical (unpaired) electrons. The lowest BCUT2D eigenvalue weighted by atomic mass is 9.87. The molecule has 0 aromatic heterocycles. The highest BCUT2D eigenvalue weighted by atomic mass is 32.2. The highest BCUT2D eigenvalue weighted by Crippen LogP contribution is 2.23. The average Bonchev–Trinajstić information content (AvgIpc) is 2.46. The number of aliphatic hydroxyl groups excluding tert-OH is 1. The van der Waals surface area contributed by atoms with E-state index in [-0.39, 0.29) is 16.9 Å². The molecule has 0 saturated carbocycles. The molecule has 2 N–H and O–H groups in total. The maximum atomic E-state index is 12.3. The zero-order valence-electron chi connectivity index (χ0n) is 13.2. The Hall–Kier alpha value is -0.910. The summed E-state index contributed by atoms with van der Waals surface area (Å²) in [7, 11) is -3.52. The summed E-state index contributed by atoms with van der Waals surface area (Å²) in [6, 6.07) is 6.40. The lowest BCUT2D eigenvalue weighted by molar-refractivity contribution is 0.281. The first-order valence-electron chi connectivity index (χ1n) is 7.50. The maximum absolute atomic E-state index is 12.3. The number of benzene rings is 1. The van der Waals surface area contributed by atoms with Crippen molar-refractivity contribution >= 4 is 10.0 Å². The molecule has 1 aromatic rings. The van der Waals surface area contributed by atoms with Gasteiger partial charge in [0.25, 0.3) is 0 Å². The molecule has 5 heteroatoms. The van der Waals surface area contributed by atoms with E-state index in [4.69, 9.17) is 5.11 Å². The van der Waals surface area contributed by atoms with Crippen molar-refractivity contribution in [3.05, 3.63) is 29.8 Å². The Morgan fingerprint density at radius 2 is 1.95 bits per heavy atom. The molecule has 0 unspecified atom stereocenters. The molecule has 120 valence electrons. The Bertz CT molecular complexity index is 538. The first-order valence-corrected chi connectivity index (χ1v) is 8.98. The van der Waals surface area contributed by atoms with Crippen LogP contribution < -0.4 is 4.72 Å². The van der Waals surface area contributed by atoms with E-state index in [0.29, 0.717) is 12.1 Å². The van der Waals surface area contributed by atoms with Crippen molar-refractivity contribution in [1.29, 1.82) is 0 Å². The summed E-state index contributed by atoms with van der Waals surface area (Å²) in [6.45, 7) is 6.57. The topological polar surface area (TPSA) is 66.4 Å². The fourth-order valence-corrected chi connectivity index (χ4v) is 3.44. The number of sulfonamides is 1. The summed E-state index contributed by atoms with van der Waals surface area (Å²) < 4.78 is 27.3. The zero-order valence-corrected chi connectivity index (χ0v) is 14.0. The van der Waals surface area contributed by atoms with Crippen LogP contribution in [-0.2, 0) is 16.6 Å². The van der Waals surface area contributed by atoms with Crippen LogP contribution in [-0.4, -0.2) is 20.1 Å². The van der Waals surface area contributed by atoms with Gasteiger partial charge < -0.3 is 5.11 Å². The van der Waals surface area contributed by atoms with Gasteiger partial charge in [0.1, 0.15) is 0 Å². The van der Waals surface area contributed by atoms with E-state index in [9.17, 15) is 8.42 Å². The van der Waals surface area contributed by atoms with Crippen molar-refractivity contribution in [2.24, 2.45) is 5.41 Å². The van der Waals surface area contributed by atoms with E-state index in [0.717, 1.165) is 19.3 Å². The first kappa shape index (κ1) is 18.1. The number of aliphatic hydroxyl groups is 1. The molecule has 4 nitrogen and oxygen atoms in total. The maximum Gasteiger partial charge on any atom is 0.240 e. The van der Waals surface area contributed by atoms with Crippen molar-refractivity contribution in [2.45, 2.75) is 58.0 Å². The summed E-state index contributed by atoms with van der Waals surface area (Å²) in [4.78, 5) is 0.207. The fraction of sp³-hybridized carbons (Fsp3) is 0.625. The van der Waals surface area contributed by atoms with Gasteiger partial charge in [-0.25, -0.2) is 13.1 Å². The van der Waals surface area contributed by atoms with Crippen molar-refractivity contribution in [1.82, 2.24) is 4.72 Å². The van der Waals surface area contributed by atoms with Crippen LogP contribution in [0.1, 0.15) is 52.0 Å². The Labute approximate surface area is 128 Å². The molecular formula is C16H27NO3S.